The van der Waals surface area contributed by atoms with Crippen molar-refractivity contribution in [2.45, 2.75) is 168 Å². The number of unbranched alkanes of at least 4 members (excludes halogenated alkanes) is 17. The van der Waals surface area contributed by atoms with E-state index in [9.17, 15) is 4.79 Å². The Morgan fingerprint density at radius 3 is 1.50 bits per heavy atom. The minimum Gasteiger partial charge on any atom is -0.491 e. The highest BCUT2D eigenvalue weighted by atomic mass is 16.5. The smallest absolute Gasteiger partial charge is 0.343 e. The van der Waals surface area contributed by atoms with Gasteiger partial charge in [-0.1, -0.05) is 142 Å². The van der Waals surface area contributed by atoms with Crippen LogP contribution >= 0.6 is 0 Å². The van der Waals surface area contributed by atoms with Gasteiger partial charge in [0, 0.05) is 6.61 Å². The number of hydrogen-bond donors (Lipinski definition) is 0. The normalized spacial score (nSPS) is 12.6. The summed E-state index contributed by atoms with van der Waals surface area (Å²) in [7, 11) is 0. The molecule has 0 spiro atoms. The Kier molecular flexibility index (Phi) is 21.4. The van der Waals surface area contributed by atoms with E-state index in [-0.39, 0.29) is 18.2 Å². The van der Waals surface area contributed by atoms with Crippen LogP contribution in [0.3, 0.4) is 0 Å². The number of carbonyl (C=O) groups is 1. The molecule has 0 saturated carbocycles. The van der Waals surface area contributed by atoms with Gasteiger partial charge in [0.25, 0.3) is 0 Å². The maximum Gasteiger partial charge on any atom is 0.343 e. The highest BCUT2D eigenvalue weighted by Gasteiger charge is 2.12. The largest absolute Gasteiger partial charge is 0.491 e. The summed E-state index contributed by atoms with van der Waals surface area (Å²) in [5.41, 5.74) is 1.60. The van der Waals surface area contributed by atoms with Crippen LogP contribution in [0.5, 0.6) is 11.5 Å². The van der Waals surface area contributed by atoms with Gasteiger partial charge in [-0.2, -0.15) is 0 Å². The molecule has 0 fully saturated rings. The quantitative estimate of drug-likeness (QED) is 0.0575. The summed E-state index contributed by atoms with van der Waals surface area (Å²) >= 11 is 0. The summed E-state index contributed by atoms with van der Waals surface area (Å²) in [6, 6.07) is 14.8. The number of hydrogen-bond acceptors (Lipinski definition) is 4. The van der Waals surface area contributed by atoms with Crippen molar-refractivity contribution in [1.82, 2.24) is 0 Å². The Bertz CT molecular complexity index is 952. The maximum absolute atomic E-state index is 12.6. The van der Waals surface area contributed by atoms with Gasteiger partial charge in [-0.3, -0.25) is 0 Å². The lowest BCUT2D eigenvalue weighted by Gasteiger charge is -2.14. The molecule has 0 heterocycles. The number of ether oxygens (including phenoxy) is 3. The van der Waals surface area contributed by atoms with E-state index < -0.39 is 0 Å². The molecule has 248 valence electrons. The number of rotatable bonds is 27. The monoisotopic (exact) mass is 608 g/mol. The molecule has 4 heteroatoms. The first-order valence-electron chi connectivity index (χ1n) is 18.2. The predicted molar refractivity (Wildman–Crippen MR) is 186 cm³/mol. The first-order chi connectivity index (χ1) is 21.5. The second-order valence-electron chi connectivity index (χ2n) is 12.7. The van der Waals surface area contributed by atoms with Crippen molar-refractivity contribution in [2.75, 3.05) is 6.61 Å². The van der Waals surface area contributed by atoms with Crippen molar-refractivity contribution in [3.05, 3.63) is 59.7 Å². The van der Waals surface area contributed by atoms with E-state index in [1.54, 1.807) is 12.1 Å². The van der Waals surface area contributed by atoms with Crippen molar-refractivity contribution in [3.8, 4) is 11.5 Å². The third kappa shape index (κ3) is 17.8. The molecule has 2 rings (SSSR count). The Morgan fingerprint density at radius 2 is 1.02 bits per heavy atom. The predicted octanol–water partition coefficient (Wildman–Crippen LogP) is 12.6. The van der Waals surface area contributed by atoms with Crippen LogP contribution in [0, 0.1) is 0 Å². The Balaban J connectivity index is 1.46. The first-order valence-corrected chi connectivity index (χ1v) is 18.2. The molecular weight excluding hydrogens is 544 g/mol. The third-order valence-electron chi connectivity index (χ3n) is 8.55. The van der Waals surface area contributed by atoms with E-state index >= 15 is 0 Å². The number of carbonyl (C=O) groups excluding carboxylic acids is 1. The van der Waals surface area contributed by atoms with E-state index in [4.69, 9.17) is 14.2 Å². The van der Waals surface area contributed by atoms with Crippen LogP contribution in [-0.4, -0.2) is 18.7 Å². The molecule has 0 aromatic heterocycles. The molecule has 2 aromatic rings. The molecule has 0 aliphatic carbocycles. The molecule has 2 aromatic carbocycles. The zero-order valence-corrected chi connectivity index (χ0v) is 28.8. The molecule has 0 saturated heterocycles. The lowest BCUT2D eigenvalue weighted by atomic mass is 10.0. The summed E-state index contributed by atoms with van der Waals surface area (Å²) in [5.74, 6) is 0.932. The molecular formula is C40H64O4. The topological polar surface area (TPSA) is 44.8 Å². The molecule has 0 aliphatic heterocycles. The van der Waals surface area contributed by atoms with Gasteiger partial charge in [0.1, 0.15) is 11.5 Å². The zero-order valence-electron chi connectivity index (χ0n) is 28.8. The fraction of sp³-hybridized carbons (Fsp3) is 0.675. The fourth-order valence-corrected chi connectivity index (χ4v) is 5.70. The van der Waals surface area contributed by atoms with Crippen LogP contribution in [0.15, 0.2) is 48.5 Å². The van der Waals surface area contributed by atoms with Crippen molar-refractivity contribution < 1.29 is 19.0 Å². The second-order valence-corrected chi connectivity index (χ2v) is 12.7. The van der Waals surface area contributed by atoms with Gasteiger partial charge in [-0.05, 0) is 68.7 Å². The van der Waals surface area contributed by atoms with Crippen LogP contribution in [0.4, 0.5) is 0 Å². The SMILES string of the molecule is CCCCCCCCCCCCCCCCCCCCOC(C)c1ccc(C(=O)Oc2ccc(OC(C)CCC)cc2)cc1. The van der Waals surface area contributed by atoms with Crippen molar-refractivity contribution >= 4 is 5.97 Å². The molecule has 0 aliphatic rings. The van der Waals surface area contributed by atoms with E-state index in [0.29, 0.717) is 11.3 Å². The summed E-state index contributed by atoms with van der Waals surface area (Å²) in [5, 5.41) is 0. The minimum atomic E-state index is -0.364. The molecule has 0 amide bonds. The van der Waals surface area contributed by atoms with Gasteiger partial charge in [-0.25, -0.2) is 4.79 Å². The fourth-order valence-electron chi connectivity index (χ4n) is 5.70. The standard InChI is InChI=1S/C40H64O4/c1-5-7-8-9-10-11-12-13-14-15-16-17-18-19-20-21-22-23-33-42-35(4)36-25-27-37(28-26-36)40(41)44-39-31-29-38(30-32-39)43-34(3)24-6-2/h25-32,34-35H,5-24,33H2,1-4H3. The van der Waals surface area contributed by atoms with E-state index in [0.717, 1.165) is 37.2 Å². The summed E-state index contributed by atoms with van der Waals surface area (Å²) in [6.07, 6.45) is 27.2. The molecule has 44 heavy (non-hydrogen) atoms. The van der Waals surface area contributed by atoms with Crippen molar-refractivity contribution in [1.29, 1.82) is 0 Å². The second kappa shape index (κ2) is 24.9. The van der Waals surface area contributed by atoms with Gasteiger partial charge in [-0.15, -0.1) is 0 Å². The van der Waals surface area contributed by atoms with Crippen LogP contribution < -0.4 is 9.47 Å². The summed E-state index contributed by atoms with van der Waals surface area (Å²) in [4.78, 5) is 12.6. The Hall–Kier alpha value is -2.33. The molecule has 0 N–H and O–H groups in total. The summed E-state index contributed by atoms with van der Waals surface area (Å²) < 4.78 is 17.5. The van der Waals surface area contributed by atoms with Crippen molar-refractivity contribution in [3.63, 3.8) is 0 Å². The van der Waals surface area contributed by atoms with Crippen molar-refractivity contribution in [2.24, 2.45) is 0 Å². The van der Waals surface area contributed by atoms with Gasteiger partial charge in [0.05, 0.1) is 17.8 Å². The zero-order chi connectivity index (χ0) is 31.7. The minimum absolute atomic E-state index is 0.00788. The highest BCUT2D eigenvalue weighted by Crippen LogP contribution is 2.22. The Morgan fingerprint density at radius 1 is 0.568 bits per heavy atom. The molecule has 2 unspecified atom stereocenters. The molecule has 0 bridgehead atoms. The Labute approximate surface area is 270 Å². The van der Waals surface area contributed by atoms with Crippen LogP contribution in [0.2, 0.25) is 0 Å². The first kappa shape index (κ1) is 37.9. The maximum atomic E-state index is 12.6. The van der Waals surface area contributed by atoms with E-state index in [1.165, 1.54) is 109 Å². The average Bonchev–Trinajstić information content (AvgIpc) is 3.03. The van der Waals surface area contributed by atoms with Gasteiger partial charge < -0.3 is 14.2 Å². The highest BCUT2D eigenvalue weighted by molar-refractivity contribution is 5.91. The van der Waals surface area contributed by atoms with E-state index in [1.807, 2.05) is 36.4 Å². The van der Waals surface area contributed by atoms with Crippen LogP contribution in [0.1, 0.15) is 178 Å². The number of esters is 1. The molecule has 0 radical (unpaired) electrons. The third-order valence-corrected chi connectivity index (χ3v) is 8.55. The van der Waals surface area contributed by atoms with Gasteiger partial charge in [0.15, 0.2) is 0 Å². The molecule has 2 atom stereocenters. The van der Waals surface area contributed by atoms with Crippen LogP contribution in [-0.2, 0) is 4.74 Å². The average molecular weight is 609 g/mol. The van der Waals surface area contributed by atoms with E-state index in [2.05, 4.69) is 27.7 Å². The van der Waals surface area contributed by atoms with Gasteiger partial charge in [0.2, 0.25) is 0 Å². The lowest BCUT2D eigenvalue weighted by Crippen LogP contribution is -2.11. The number of benzene rings is 2. The summed E-state index contributed by atoms with van der Waals surface area (Å²) in [6.45, 7) is 9.35. The molecule has 4 nitrogen and oxygen atoms in total. The van der Waals surface area contributed by atoms with Crippen LogP contribution in [0.25, 0.3) is 0 Å². The van der Waals surface area contributed by atoms with Gasteiger partial charge >= 0.3 is 5.97 Å². The lowest BCUT2D eigenvalue weighted by molar-refractivity contribution is 0.0626.